The summed E-state index contributed by atoms with van der Waals surface area (Å²) < 4.78 is 0. The van der Waals surface area contributed by atoms with Gasteiger partial charge in [-0.25, -0.2) is 0 Å². The Morgan fingerprint density at radius 3 is 2.65 bits per heavy atom. The van der Waals surface area contributed by atoms with E-state index < -0.39 is 5.54 Å². The van der Waals surface area contributed by atoms with Crippen LogP contribution in [0.1, 0.15) is 43.4 Å². The molecule has 0 spiro atoms. The fraction of sp³-hybridized carbons (Fsp3) is 0.600. The Kier molecular flexibility index (Phi) is 3.38. The lowest BCUT2D eigenvalue weighted by atomic mass is 9.76. The van der Waals surface area contributed by atoms with Gasteiger partial charge in [0.1, 0.15) is 5.69 Å². The highest BCUT2D eigenvalue weighted by atomic mass is 16.2. The Bertz CT molecular complexity index is 582. The molecule has 108 valence electrons. The monoisotopic (exact) mass is 275 g/mol. The zero-order chi connectivity index (χ0) is 14.2. The van der Waals surface area contributed by atoms with Gasteiger partial charge in [-0.1, -0.05) is 0 Å². The maximum Gasteiger partial charge on any atom is 0.271 e. The second kappa shape index (κ2) is 5.05. The standard InChI is InChI=1S/C15H21N3O2/c1-16-15(7-4-8-15)14(20)18-12-9-10-5-2-3-6-11(10)17-13(12)19/h9,16H,2-8H2,1H3,(H,17,19)(H,18,20). The number of nitrogens with one attached hydrogen (secondary N) is 3. The van der Waals surface area contributed by atoms with Gasteiger partial charge in [-0.2, -0.15) is 0 Å². The van der Waals surface area contributed by atoms with E-state index in [1.807, 2.05) is 6.07 Å². The van der Waals surface area contributed by atoms with E-state index in [2.05, 4.69) is 15.6 Å². The third-order valence-electron chi connectivity index (χ3n) is 4.71. The smallest absolute Gasteiger partial charge is 0.271 e. The molecule has 3 rings (SSSR count). The van der Waals surface area contributed by atoms with Crippen molar-refractivity contribution in [3.8, 4) is 0 Å². The molecule has 0 aromatic carbocycles. The minimum atomic E-state index is -0.484. The van der Waals surface area contributed by atoms with Gasteiger partial charge < -0.3 is 15.6 Å². The Morgan fingerprint density at radius 2 is 2.00 bits per heavy atom. The van der Waals surface area contributed by atoms with Crippen molar-refractivity contribution < 1.29 is 4.79 Å². The summed E-state index contributed by atoms with van der Waals surface area (Å²) in [6.07, 6.45) is 6.89. The van der Waals surface area contributed by atoms with E-state index in [0.29, 0.717) is 5.69 Å². The van der Waals surface area contributed by atoms with E-state index >= 15 is 0 Å². The molecule has 3 N–H and O–H groups in total. The first-order valence-electron chi connectivity index (χ1n) is 7.40. The average molecular weight is 275 g/mol. The molecule has 1 aromatic heterocycles. The first-order valence-corrected chi connectivity index (χ1v) is 7.40. The quantitative estimate of drug-likeness (QED) is 0.779. The van der Waals surface area contributed by atoms with Gasteiger partial charge in [0.2, 0.25) is 5.91 Å². The number of H-pyrrole nitrogens is 1. The van der Waals surface area contributed by atoms with Crippen molar-refractivity contribution >= 4 is 11.6 Å². The van der Waals surface area contributed by atoms with E-state index in [0.717, 1.165) is 50.6 Å². The summed E-state index contributed by atoms with van der Waals surface area (Å²) in [5.74, 6) is -0.0903. The lowest BCUT2D eigenvalue weighted by Gasteiger charge is -2.39. The number of hydrogen-bond donors (Lipinski definition) is 3. The van der Waals surface area contributed by atoms with Crippen LogP contribution in [0.2, 0.25) is 0 Å². The molecular formula is C15H21N3O2. The molecule has 1 aromatic rings. The predicted molar refractivity (Wildman–Crippen MR) is 78.0 cm³/mol. The number of carbonyl (C=O) groups is 1. The summed E-state index contributed by atoms with van der Waals surface area (Å²) in [5, 5.41) is 5.90. The normalized spacial score (nSPS) is 19.9. The van der Waals surface area contributed by atoms with Crippen molar-refractivity contribution in [1.29, 1.82) is 0 Å². The lowest BCUT2D eigenvalue weighted by molar-refractivity contribution is -0.125. The fourth-order valence-corrected chi connectivity index (χ4v) is 3.13. The molecular weight excluding hydrogens is 254 g/mol. The Balaban J connectivity index is 1.84. The third kappa shape index (κ3) is 2.16. The minimum absolute atomic E-state index is 0.0903. The molecule has 0 radical (unpaired) electrons. The van der Waals surface area contributed by atoms with Crippen LogP contribution < -0.4 is 16.2 Å². The second-order valence-electron chi connectivity index (χ2n) is 5.86. The van der Waals surface area contributed by atoms with E-state index in [1.165, 1.54) is 5.56 Å². The van der Waals surface area contributed by atoms with E-state index in [4.69, 9.17) is 0 Å². The molecule has 1 amide bonds. The van der Waals surface area contributed by atoms with E-state index in [-0.39, 0.29) is 11.5 Å². The number of fused-ring (bicyclic) bond motifs is 1. The van der Waals surface area contributed by atoms with Crippen molar-refractivity contribution in [2.75, 3.05) is 12.4 Å². The summed E-state index contributed by atoms with van der Waals surface area (Å²) in [6, 6.07) is 1.85. The van der Waals surface area contributed by atoms with Crippen molar-refractivity contribution in [2.24, 2.45) is 0 Å². The Morgan fingerprint density at radius 1 is 1.25 bits per heavy atom. The topological polar surface area (TPSA) is 74.0 Å². The largest absolute Gasteiger partial charge is 0.324 e. The van der Waals surface area contributed by atoms with Gasteiger partial charge in [0.25, 0.3) is 5.56 Å². The first-order chi connectivity index (χ1) is 9.64. The number of rotatable bonds is 3. The first kappa shape index (κ1) is 13.4. The van der Waals surface area contributed by atoms with Gasteiger partial charge >= 0.3 is 0 Å². The Labute approximate surface area is 118 Å². The molecule has 0 unspecified atom stereocenters. The number of aromatic nitrogens is 1. The van der Waals surface area contributed by atoms with Crippen molar-refractivity contribution in [3.05, 3.63) is 27.7 Å². The van der Waals surface area contributed by atoms with Gasteiger partial charge in [-0.05, 0) is 63.6 Å². The van der Waals surface area contributed by atoms with Crippen LogP contribution >= 0.6 is 0 Å². The predicted octanol–water partition coefficient (Wildman–Crippen LogP) is 1.33. The number of likely N-dealkylation sites (N-methyl/N-ethyl adjacent to an activating group) is 1. The molecule has 5 nitrogen and oxygen atoms in total. The number of anilines is 1. The molecule has 1 saturated carbocycles. The molecule has 0 atom stereocenters. The minimum Gasteiger partial charge on any atom is -0.324 e. The van der Waals surface area contributed by atoms with Gasteiger partial charge in [-0.3, -0.25) is 9.59 Å². The molecule has 2 aliphatic carbocycles. The molecule has 0 bridgehead atoms. The van der Waals surface area contributed by atoms with Crippen LogP contribution in [0, 0.1) is 0 Å². The second-order valence-corrected chi connectivity index (χ2v) is 5.86. The van der Waals surface area contributed by atoms with Gasteiger partial charge in [0, 0.05) is 5.69 Å². The SMILES string of the molecule is CNC1(C(=O)Nc2cc3c([nH]c2=O)CCCC3)CCC1. The molecule has 5 heteroatoms. The average Bonchev–Trinajstić information content (AvgIpc) is 2.39. The molecule has 2 aliphatic rings. The van der Waals surface area contributed by atoms with Crippen LogP contribution in [0.15, 0.2) is 10.9 Å². The van der Waals surface area contributed by atoms with Crippen LogP contribution in [0.5, 0.6) is 0 Å². The van der Waals surface area contributed by atoms with Crippen LogP contribution in [0.4, 0.5) is 5.69 Å². The highest BCUT2D eigenvalue weighted by Gasteiger charge is 2.42. The molecule has 0 saturated heterocycles. The van der Waals surface area contributed by atoms with Crippen molar-refractivity contribution in [2.45, 2.75) is 50.5 Å². The maximum atomic E-state index is 12.3. The molecule has 1 heterocycles. The number of carbonyl (C=O) groups excluding carboxylic acids is 1. The summed E-state index contributed by atoms with van der Waals surface area (Å²) in [7, 11) is 1.80. The molecule has 0 aliphatic heterocycles. The summed E-state index contributed by atoms with van der Waals surface area (Å²) >= 11 is 0. The number of pyridine rings is 1. The number of aromatic amines is 1. The lowest BCUT2D eigenvalue weighted by Crippen LogP contribution is -2.58. The molecule has 1 fully saturated rings. The van der Waals surface area contributed by atoms with Crippen LogP contribution in [-0.4, -0.2) is 23.5 Å². The van der Waals surface area contributed by atoms with Crippen LogP contribution in [-0.2, 0) is 17.6 Å². The third-order valence-corrected chi connectivity index (χ3v) is 4.71. The van der Waals surface area contributed by atoms with Gasteiger partial charge in [0.15, 0.2) is 0 Å². The highest BCUT2D eigenvalue weighted by molar-refractivity contribution is 5.98. The van der Waals surface area contributed by atoms with E-state index in [1.54, 1.807) is 7.05 Å². The number of hydrogen-bond acceptors (Lipinski definition) is 3. The van der Waals surface area contributed by atoms with Gasteiger partial charge in [0.05, 0.1) is 5.54 Å². The van der Waals surface area contributed by atoms with E-state index in [9.17, 15) is 9.59 Å². The number of amides is 1. The van der Waals surface area contributed by atoms with Crippen LogP contribution in [0.25, 0.3) is 0 Å². The van der Waals surface area contributed by atoms with Crippen molar-refractivity contribution in [3.63, 3.8) is 0 Å². The summed E-state index contributed by atoms with van der Waals surface area (Å²) in [4.78, 5) is 27.3. The summed E-state index contributed by atoms with van der Waals surface area (Å²) in [5.41, 5.74) is 1.91. The number of aryl methyl sites for hydroxylation is 2. The van der Waals surface area contributed by atoms with Crippen molar-refractivity contribution in [1.82, 2.24) is 10.3 Å². The highest BCUT2D eigenvalue weighted by Crippen LogP contribution is 2.32. The molecule has 20 heavy (non-hydrogen) atoms. The van der Waals surface area contributed by atoms with Gasteiger partial charge in [-0.15, -0.1) is 0 Å². The fourth-order valence-electron chi connectivity index (χ4n) is 3.13. The zero-order valence-corrected chi connectivity index (χ0v) is 11.8. The van der Waals surface area contributed by atoms with Crippen LogP contribution in [0.3, 0.4) is 0 Å². The zero-order valence-electron chi connectivity index (χ0n) is 11.8. The maximum absolute atomic E-state index is 12.3. The Hall–Kier alpha value is -1.62. The summed E-state index contributed by atoms with van der Waals surface area (Å²) in [6.45, 7) is 0.